The van der Waals surface area contributed by atoms with Gasteiger partial charge in [-0.1, -0.05) is 17.7 Å². The number of hydrogen-bond donors (Lipinski definition) is 0. The normalized spacial score (nSPS) is 13.4. The third-order valence-corrected chi connectivity index (χ3v) is 2.41. The zero-order valence-corrected chi connectivity index (χ0v) is 8.17. The Kier molecular flexibility index (Phi) is 2.47. The number of hydrogen-bond acceptors (Lipinski definition) is 3. The van der Waals surface area contributed by atoms with Crippen molar-refractivity contribution < 1.29 is 9.47 Å². The first-order valence-electron chi connectivity index (χ1n) is 4.27. The lowest BCUT2D eigenvalue weighted by Crippen LogP contribution is -2.15. The summed E-state index contributed by atoms with van der Waals surface area (Å²) in [6.45, 7) is 1.05. The van der Waals surface area contributed by atoms with Crippen LogP contribution in [0.2, 0.25) is 5.02 Å². The highest BCUT2D eigenvalue weighted by Crippen LogP contribution is 2.39. The van der Waals surface area contributed by atoms with Gasteiger partial charge >= 0.3 is 0 Å². The first kappa shape index (κ1) is 9.17. The lowest BCUT2D eigenvalue weighted by Gasteiger charge is -2.20. The summed E-state index contributed by atoms with van der Waals surface area (Å²) in [6.07, 6.45) is 0.287. The van der Waals surface area contributed by atoms with Crippen LogP contribution in [0.5, 0.6) is 11.5 Å². The van der Waals surface area contributed by atoms with Crippen molar-refractivity contribution >= 4 is 11.6 Å². The molecule has 72 valence electrons. The highest BCUT2D eigenvalue weighted by molar-refractivity contribution is 6.33. The molecule has 1 aliphatic heterocycles. The van der Waals surface area contributed by atoms with Gasteiger partial charge in [0.05, 0.1) is 17.5 Å². The summed E-state index contributed by atoms with van der Waals surface area (Å²) >= 11 is 6.05. The summed E-state index contributed by atoms with van der Waals surface area (Å²) in [5, 5.41) is 9.06. The van der Waals surface area contributed by atoms with Crippen LogP contribution in [0.25, 0.3) is 0 Å². The molecule has 0 saturated heterocycles. The third-order valence-electron chi connectivity index (χ3n) is 2.00. The Bertz CT molecular complexity index is 398. The number of rotatable bonds is 1. The van der Waals surface area contributed by atoms with Crippen LogP contribution in [0.3, 0.4) is 0 Å². The molecule has 0 saturated carbocycles. The van der Waals surface area contributed by atoms with E-state index in [1.165, 1.54) is 0 Å². The lowest BCUT2D eigenvalue weighted by atomic mass is 10.1. The molecule has 1 aromatic carbocycles. The molecule has 3 nitrogen and oxygen atoms in total. The number of fused-ring (bicyclic) bond motifs is 1. The molecule has 0 aromatic heterocycles. The molecule has 0 atom stereocenters. The maximum absolute atomic E-state index is 8.57. The van der Waals surface area contributed by atoms with E-state index in [9.17, 15) is 0 Å². The summed E-state index contributed by atoms with van der Waals surface area (Å²) in [5.41, 5.74) is 0.776. The van der Waals surface area contributed by atoms with Crippen LogP contribution in [0.4, 0.5) is 0 Å². The van der Waals surface area contributed by atoms with Gasteiger partial charge in [0.2, 0.25) is 0 Å². The summed E-state index contributed by atoms with van der Waals surface area (Å²) in [6, 6.07) is 5.63. The zero-order chi connectivity index (χ0) is 9.97. The van der Waals surface area contributed by atoms with Crippen molar-refractivity contribution in [1.29, 1.82) is 5.26 Å². The van der Waals surface area contributed by atoms with Crippen molar-refractivity contribution in [3.05, 3.63) is 22.7 Å². The predicted octanol–water partition coefficient (Wildman–Crippen LogP) is 2.18. The average molecular weight is 210 g/mol. The van der Waals surface area contributed by atoms with Gasteiger partial charge in [-0.2, -0.15) is 5.26 Å². The Labute approximate surface area is 86.8 Å². The van der Waals surface area contributed by atoms with Crippen LogP contribution in [-0.4, -0.2) is 13.2 Å². The van der Waals surface area contributed by atoms with Crippen molar-refractivity contribution in [3.8, 4) is 17.6 Å². The van der Waals surface area contributed by atoms with Crippen LogP contribution >= 0.6 is 11.6 Å². The Hall–Kier alpha value is -1.40. The molecular formula is C10H8ClNO2. The van der Waals surface area contributed by atoms with Gasteiger partial charge in [-0.05, 0) is 11.6 Å². The van der Waals surface area contributed by atoms with Gasteiger partial charge in [-0.15, -0.1) is 0 Å². The number of ether oxygens (including phenoxy) is 2. The second-order valence-corrected chi connectivity index (χ2v) is 3.28. The highest BCUT2D eigenvalue weighted by Gasteiger charge is 2.17. The van der Waals surface area contributed by atoms with E-state index in [4.69, 9.17) is 26.3 Å². The molecular weight excluding hydrogens is 202 g/mol. The minimum atomic E-state index is 0.287. The molecule has 2 rings (SSSR count). The molecule has 1 aromatic rings. The molecule has 0 spiro atoms. The van der Waals surface area contributed by atoms with Crippen LogP contribution in [-0.2, 0) is 6.42 Å². The minimum Gasteiger partial charge on any atom is -0.486 e. The highest BCUT2D eigenvalue weighted by atomic mass is 35.5. The Balaban J connectivity index is 2.44. The maximum atomic E-state index is 8.57. The Morgan fingerprint density at radius 3 is 2.93 bits per heavy atom. The van der Waals surface area contributed by atoms with E-state index in [1.54, 1.807) is 12.1 Å². The van der Waals surface area contributed by atoms with Crippen molar-refractivity contribution in [1.82, 2.24) is 0 Å². The monoisotopic (exact) mass is 209 g/mol. The van der Waals surface area contributed by atoms with E-state index in [-0.39, 0.29) is 6.42 Å². The fourth-order valence-electron chi connectivity index (χ4n) is 1.34. The predicted molar refractivity (Wildman–Crippen MR) is 51.8 cm³/mol. The van der Waals surface area contributed by atoms with Crippen LogP contribution in [0, 0.1) is 11.3 Å². The van der Waals surface area contributed by atoms with E-state index in [0.29, 0.717) is 29.7 Å². The molecule has 1 aliphatic rings. The molecule has 0 amide bonds. The average Bonchev–Trinajstić information content (AvgIpc) is 2.23. The summed E-state index contributed by atoms with van der Waals surface area (Å²) in [5.74, 6) is 1.22. The van der Waals surface area contributed by atoms with Crippen molar-refractivity contribution in [3.63, 3.8) is 0 Å². The van der Waals surface area contributed by atoms with E-state index in [1.807, 2.05) is 0 Å². The largest absolute Gasteiger partial charge is 0.486 e. The molecule has 0 N–H and O–H groups in total. The quantitative estimate of drug-likeness (QED) is 0.712. The molecule has 0 fully saturated rings. The third kappa shape index (κ3) is 1.49. The van der Waals surface area contributed by atoms with Gasteiger partial charge in [0.25, 0.3) is 0 Å². The number of halogens is 1. The van der Waals surface area contributed by atoms with Crippen molar-refractivity contribution in [2.24, 2.45) is 0 Å². The van der Waals surface area contributed by atoms with E-state index in [0.717, 1.165) is 5.56 Å². The summed E-state index contributed by atoms with van der Waals surface area (Å²) in [4.78, 5) is 0. The first-order chi connectivity index (χ1) is 6.83. The fourth-order valence-corrected chi connectivity index (χ4v) is 1.62. The Morgan fingerprint density at radius 1 is 1.36 bits per heavy atom. The lowest BCUT2D eigenvalue weighted by molar-refractivity contribution is 0.171. The Morgan fingerprint density at radius 2 is 2.14 bits per heavy atom. The van der Waals surface area contributed by atoms with E-state index < -0.39 is 0 Å². The van der Waals surface area contributed by atoms with Crippen molar-refractivity contribution in [2.45, 2.75) is 6.42 Å². The molecule has 14 heavy (non-hydrogen) atoms. The van der Waals surface area contributed by atoms with Gasteiger partial charge in [0.15, 0.2) is 11.5 Å². The molecule has 0 unspecified atom stereocenters. The number of benzene rings is 1. The molecule has 0 radical (unpaired) electrons. The molecule has 0 bridgehead atoms. The smallest absolute Gasteiger partial charge is 0.180 e. The number of nitrogens with zero attached hydrogens (tertiary/aromatic N) is 1. The zero-order valence-electron chi connectivity index (χ0n) is 7.42. The van der Waals surface area contributed by atoms with E-state index in [2.05, 4.69) is 6.07 Å². The van der Waals surface area contributed by atoms with Gasteiger partial charge in [0.1, 0.15) is 13.2 Å². The van der Waals surface area contributed by atoms with Crippen molar-refractivity contribution in [2.75, 3.05) is 13.2 Å². The van der Waals surface area contributed by atoms with Crippen LogP contribution in [0.15, 0.2) is 12.1 Å². The summed E-state index contributed by atoms with van der Waals surface area (Å²) in [7, 11) is 0. The second kappa shape index (κ2) is 3.77. The van der Waals surface area contributed by atoms with Gasteiger partial charge < -0.3 is 9.47 Å². The molecule has 1 heterocycles. The van der Waals surface area contributed by atoms with E-state index >= 15 is 0 Å². The maximum Gasteiger partial charge on any atom is 0.180 e. The first-order valence-corrected chi connectivity index (χ1v) is 4.64. The topological polar surface area (TPSA) is 42.2 Å². The molecule has 0 aliphatic carbocycles. The fraction of sp³-hybridized carbons (Fsp3) is 0.300. The number of nitriles is 1. The molecule has 4 heteroatoms. The van der Waals surface area contributed by atoms with Crippen LogP contribution < -0.4 is 9.47 Å². The minimum absolute atomic E-state index is 0.287. The van der Waals surface area contributed by atoms with Gasteiger partial charge in [-0.25, -0.2) is 0 Å². The van der Waals surface area contributed by atoms with Gasteiger partial charge in [0, 0.05) is 0 Å². The summed E-state index contributed by atoms with van der Waals surface area (Å²) < 4.78 is 10.7. The second-order valence-electron chi connectivity index (χ2n) is 2.90. The SMILES string of the molecule is N#CCc1ccc2c(c1Cl)OCCO2. The van der Waals surface area contributed by atoms with Gasteiger partial charge in [-0.3, -0.25) is 0 Å². The standard InChI is InChI=1S/C10H8ClNO2/c11-9-7(3-4-12)1-2-8-10(9)14-6-5-13-8/h1-2H,3,5-6H2. The van der Waals surface area contributed by atoms with Crippen LogP contribution in [0.1, 0.15) is 5.56 Å².